The van der Waals surface area contributed by atoms with Crippen LogP contribution in [0, 0.1) is 13.8 Å². The maximum atomic E-state index is 13.0. The fourth-order valence-electron chi connectivity index (χ4n) is 3.20. The highest BCUT2D eigenvalue weighted by Crippen LogP contribution is 2.29. The molecule has 3 aromatic rings. The van der Waals surface area contributed by atoms with Gasteiger partial charge in [-0.15, -0.1) is 0 Å². The smallest absolute Gasteiger partial charge is 0.273 e. The molecule has 3 aromatic carbocycles. The number of urea groups is 1. The number of barbiturate groups is 1. The molecule has 0 radical (unpaired) electrons. The molecule has 0 atom stereocenters. The zero-order valence-electron chi connectivity index (χ0n) is 17.1. The van der Waals surface area contributed by atoms with Crippen LogP contribution in [0.4, 0.5) is 10.5 Å². The lowest BCUT2D eigenvalue weighted by Gasteiger charge is -2.26. The number of nitrogens with one attached hydrogen (secondary N) is 1. The third kappa shape index (κ3) is 4.59. The molecule has 1 saturated heterocycles. The minimum absolute atomic E-state index is 0.0833. The van der Waals surface area contributed by atoms with Crippen LogP contribution in [0.1, 0.15) is 16.7 Å². The van der Waals surface area contributed by atoms with Crippen molar-refractivity contribution in [2.75, 3.05) is 4.90 Å². The Bertz CT molecular complexity index is 1200. The van der Waals surface area contributed by atoms with Crippen molar-refractivity contribution in [2.45, 2.75) is 23.6 Å². The van der Waals surface area contributed by atoms with E-state index in [0.717, 1.165) is 20.3 Å². The van der Waals surface area contributed by atoms with E-state index in [0.29, 0.717) is 11.3 Å². The second-order valence-corrected chi connectivity index (χ2v) is 8.43. The van der Waals surface area contributed by atoms with E-state index in [1.54, 1.807) is 30.0 Å². The second-order valence-electron chi connectivity index (χ2n) is 7.28. The van der Waals surface area contributed by atoms with Gasteiger partial charge in [-0.05, 0) is 67.4 Å². The molecule has 1 fully saturated rings. The van der Waals surface area contributed by atoms with Crippen LogP contribution < -0.4 is 10.2 Å². The highest BCUT2D eigenvalue weighted by molar-refractivity contribution is 7.99. The maximum Gasteiger partial charge on any atom is 0.335 e. The van der Waals surface area contributed by atoms with Gasteiger partial charge in [0.05, 0.1) is 5.69 Å². The molecule has 1 aliphatic rings. The average molecular weight is 429 g/mol. The summed E-state index contributed by atoms with van der Waals surface area (Å²) in [5.41, 5.74) is 3.15. The summed E-state index contributed by atoms with van der Waals surface area (Å²) in [5, 5.41) is 2.25. The molecule has 0 unspecified atom stereocenters. The number of anilines is 1. The van der Waals surface area contributed by atoms with Crippen molar-refractivity contribution in [1.82, 2.24) is 5.32 Å². The number of hydrogen-bond acceptors (Lipinski definition) is 4. The minimum atomic E-state index is -0.748. The first-order valence-corrected chi connectivity index (χ1v) is 10.5. The van der Waals surface area contributed by atoms with Crippen molar-refractivity contribution in [3.05, 3.63) is 95.1 Å². The Kier molecular flexibility index (Phi) is 5.73. The summed E-state index contributed by atoms with van der Waals surface area (Å²) in [4.78, 5) is 40.8. The highest BCUT2D eigenvalue weighted by Gasteiger charge is 2.36. The summed E-state index contributed by atoms with van der Waals surface area (Å²) in [6, 6.07) is 22.1. The largest absolute Gasteiger partial charge is 0.335 e. The molecule has 5 nitrogen and oxygen atoms in total. The van der Waals surface area contributed by atoms with Crippen molar-refractivity contribution in [2.24, 2.45) is 0 Å². The summed E-state index contributed by atoms with van der Waals surface area (Å²) in [6.07, 6.45) is 1.51. The van der Waals surface area contributed by atoms with Gasteiger partial charge in [0.2, 0.25) is 0 Å². The normalized spacial score (nSPS) is 15.4. The predicted molar refractivity (Wildman–Crippen MR) is 122 cm³/mol. The number of imide groups is 2. The van der Waals surface area contributed by atoms with Crippen LogP contribution in [-0.2, 0) is 9.59 Å². The summed E-state index contributed by atoms with van der Waals surface area (Å²) >= 11 is 1.63. The quantitative estimate of drug-likeness (QED) is 0.463. The molecule has 6 heteroatoms. The van der Waals surface area contributed by atoms with Crippen molar-refractivity contribution in [3.63, 3.8) is 0 Å². The van der Waals surface area contributed by atoms with E-state index in [9.17, 15) is 14.4 Å². The lowest BCUT2D eigenvalue weighted by molar-refractivity contribution is -0.122. The van der Waals surface area contributed by atoms with E-state index >= 15 is 0 Å². The Morgan fingerprint density at radius 1 is 0.806 bits per heavy atom. The van der Waals surface area contributed by atoms with Crippen LogP contribution in [0.25, 0.3) is 6.08 Å². The first-order valence-electron chi connectivity index (χ1n) is 9.73. The van der Waals surface area contributed by atoms with E-state index in [4.69, 9.17) is 0 Å². The molecular formula is C25H20N2O3S. The van der Waals surface area contributed by atoms with E-state index in [-0.39, 0.29) is 5.57 Å². The molecule has 0 aromatic heterocycles. The molecule has 0 aliphatic carbocycles. The second kappa shape index (κ2) is 8.62. The van der Waals surface area contributed by atoms with Crippen LogP contribution in [0.5, 0.6) is 0 Å². The van der Waals surface area contributed by atoms with Crippen LogP contribution in [0.3, 0.4) is 0 Å². The van der Waals surface area contributed by atoms with Gasteiger partial charge in [-0.25, -0.2) is 9.69 Å². The average Bonchev–Trinajstić information content (AvgIpc) is 2.74. The van der Waals surface area contributed by atoms with Gasteiger partial charge in [-0.2, -0.15) is 0 Å². The molecule has 4 rings (SSSR count). The summed E-state index contributed by atoms with van der Waals surface area (Å²) in [7, 11) is 0. The van der Waals surface area contributed by atoms with Crippen LogP contribution in [0.2, 0.25) is 0 Å². The van der Waals surface area contributed by atoms with Gasteiger partial charge in [-0.3, -0.25) is 14.9 Å². The van der Waals surface area contributed by atoms with Gasteiger partial charge >= 0.3 is 6.03 Å². The number of carbonyl (C=O) groups is 3. The Balaban J connectivity index is 1.57. The van der Waals surface area contributed by atoms with Gasteiger partial charge in [-0.1, -0.05) is 53.7 Å². The molecule has 154 valence electrons. The van der Waals surface area contributed by atoms with Crippen molar-refractivity contribution < 1.29 is 14.4 Å². The molecule has 0 bridgehead atoms. The Morgan fingerprint density at radius 3 is 2.10 bits per heavy atom. The molecule has 0 saturated carbocycles. The third-order valence-corrected chi connectivity index (χ3v) is 5.83. The molecule has 1 aliphatic heterocycles. The van der Waals surface area contributed by atoms with E-state index < -0.39 is 17.8 Å². The van der Waals surface area contributed by atoms with Gasteiger partial charge in [0.25, 0.3) is 11.8 Å². The maximum absolute atomic E-state index is 13.0. The van der Waals surface area contributed by atoms with Crippen molar-refractivity contribution >= 4 is 41.4 Å². The summed E-state index contributed by atoms with van der Waals surface area (Å²) in [6.45, 7) is 3.92. The van der Waals surface area contributed by atoms with Crippen LogP contribution in [-0.4, -0.2) is 17.8 Å². The van der Waals surface area contributed by atoms with Gasteiger partial charge in [0.1, 0.15) is 5.57 Å². The van der Waals surface area contributed by atoms with Gasteiger partial charge in [0.15, 0.2) is 0 Å². The number of benzene rings is 3. The lowest BCUT2D eigenvalue weighted by Crippen LogP contribution is -2.54. The molecule has 0 spiro atoms. The number of rotatable bonds is 4. The van der Waals surface area contributed by atoms with E-state index in [1.807, 2.05) is 44.2 Å². The molecule has 1 N–H and O–H groups in total. The SMILES string of the molecule is Cc1ccc(Sc2ccc(/C=C3\C(=O)NC(=O)N(c4cccc(C)c4)C3=O)cc2)cc1. The van der Waals surface area contributed by atoms with E-state index in [1.165, 1.54) is 11.6 Å². The Hall–Kier alpha value is -3.64. The van der Waals surface area contributed by atoms with Gasteiger partial charge < -0.3 is 0 Å². The minimum Gasteiger partial charge on any atom is -0.273 e. The zero-order chi connectivity index (χ0) is 22.0. The van der Waals surface area contributed by atoms with E-state index in [2.05, 4.69) is 29.6 Å². The third-order valence-electron chi connectivity index (χ3n) is 4.81. The fourth-order valence-corrected chi connectivity index (χ4v) is 4.02. The number of aryl methyl sites for hydroxylation is 2. The summed E-state index contributed by atoms with van der Waals surface area (Å²) < 4.78 is 0. The number of hydrogen-bond donors (Lipinski definition) is 1. The van der Waals surface area contributed by atoms with Crippen molar-refractivity contribution in [3.8, 4) is 0 Å². The molecule has 4 amide bonds. The topological polar surface area (TPSA) is 66.5 Å². The van der Waals surface area contributed by atoms with Crippen LogP contribution in [0.15, 0.2) is 88.2 Å². The van der Waals surface area contributed by atoms with Crippen molar-refractivity contribution in [1.29, 1.82) is 0 Å². The molecular weight excluding hydrogens is 408 g/mol. The Labute approximate surface area is 184 Å². The Morgan fingerprint density at radius 2 is 1.45 bits per heavy atom. The molecule has 31 heavy (non-hydrogen) atoms. The monoisotopic (exact) mass is 428 g/mol. The lowest BCUT2D eigenvalue weighted by atomic mass is 10.1. The fraction of sp³-hybridized carbons (Fsp3) is 0.0800. The first-order chi connectivity index (χ1) is 14.9. The standard InChI is InChI=1S/C25H20N2O3S/c1-16-6-10-20(11-7-16)31-21-12-8-18(9-13-21)15-22-23(28)26-25(30)27(24(22)29)19-5-3-4-17(2)14-19/h3-15H,1-2H3,(H,26,28,30)/b22-15+. The predicted octanol–water partition coefficient (Wildman–Crippen LogP) is 5.12. The number of carbonyl (C=O) groups excluding carboxylic acids is 3. The summed E-state index contributed by atoms with van der Waals surface area (Å²) in [5.74, 6) is -1.34. The van der Waals surface area contributed by atoms with Gasteiger partial charge in [0, 0.05) is 9.79 Å². The zero-order valence-corrected chi connectivity index (χ0v) is 17.9. The van der Waals surface area contributed by atoms with Crippen LogP contribution >= 0.6 is 11.8 Å². The number of nitrogens with zero attached hydrogens (tertiary/aromatic N) is 1. The molecule has 1 heterocycles. The first kappa shape index (κ1) is 20.6. The highest BCUT2D eigenvalue weighted by atomic mass is 32.2. The number of amides is 4.